The second-order valence-electron chi connectivity index (χ2n) is 8.58. The number of hydrogen-bond acceptors (Lipinski definition) is 6. The second kappa shape index (κ2) is 8.78. The largest absolute Gasteiger partial charge is 0.480 e. The molecule has 0 spiro atoms. The van der Waals surface area contributed by atoms with Gasteiger partial charge < -0.3 is 19.1 Å². The van der Waals surface area contributed by atoms with Crippen LogP contribution in [0.2, 0.25) is 0 Å². The normalized spacial score (nSPS) is 18.0. The molecule has 1 saturated heterocycles. The third-order valence-corrected chi connectivity index (χ3v) is 6.20. The average molecular weight is 470 g/mol. The first kappa shape index (κ1) is 22.4. The number of hydrogen-bond donors (Lipinski definition) is 2. The van der Waals surface area contributed by atoms with Crippen LogP contribution in [0.3, 0.4) is 0 Å². The summed E-state index contributed by atoms with van der Waals surface area (Å²) >= 11 is 0. The highest BCUT2D eigenvalue weighted by Gasteiger charge is 2.49. The molecule has 0 bridgehead atoms. The monoisotopic (exact) mass is 470 g/mol. The smallest absolute Gasteiger partial charge is 0.412 e. The maximum atomic E-state index is 12.4. The summed E-state index contributed by atoms with van der Waals surface area (Å²) in [6, 6.07) is 9.42. The Morgan fingerprint density at radius 3 is 2.51 bits per heavy atom. The number of fused-ring (bicyclic) bond motifs is 1. The first-order chi connectivity index (χ1) is 16.9. The molecule has 1 fully saturated rings. The van der Waals surface area contributed by atoms with Crippen LogP contribution in [0.5, 0.6) is 0 Å². The first-order valence-electron chi connectivity index (χ1n) is 11.1. The van der Waals surface area contributed by atoms with Gasteiger partial charge in [0, 0.05) is 5.57 Å². The zero-order valence-electron chi connectivity index (χ0n) is 19.1. The van der Waals surface area contributed by atoms with E-state index in [9.17, 15) is 14.7 Å². The predicted octanol–water partition coefficient (Wildman–Crippen LogP) is 4.48. The first-order valence-corrected chi connectivity index (χ1v) is 11.1. The van der Waals surface area contributed by atoms with E-state index in [4.69, 9.17) is 14.0 Å². The Hall–Kier alpha value is -4.35. The average Bonchev–Trinajstić information content (AvgIpc) is 3.46. The molecule has 0 radical (unpaired) electrons. The Labute approximate surface area is 201 Å². The number of nitrogens with zero attached hydrogens (tertiary/aromatic N) is 1. The molecule has 1 aromatic heterocycles. The zero-order chi connectivity index (χ0) is 24.6. The van der Waals surface area contributed by atoms with Gasteiger partial charge in [0.1, 0.15) is 22.9 Å². The van der Waals surface area contributed by atoms with Crippen molar-refractivity contribution in [2.45, 2.75) is 20.0 Å². The molecule has 1 amide bonds. The number of aryl methyl sites for hydroxylation is 1. The van der Waals surface area contributed by atoms with Gasteiger partial charge in [-0.25, -0.2) is 4.79 Å². The van der Waals surface area contributed by atoms with Gasteiger partial charge in [0.25, 0.3) is 0 Å². The summed E-state index contributed by atoms with van der Waals surface area (Å²) in [4.78, 5) is 24.2. The van der Waals surface area contributed by atoms with E-state index in [0.717, 1.165) is 27.9 Å². The predicted molar refractivity (Wildman–Crippen MR) is 126 cm³/mol. The number of benzene rings is 1. The summed E-state index contributed by atoms with van der Waals surface area (Å²) in [5.74, 6) is 5.27. The van der Waals surface area contributed by atoms with Gasteiger partial charge in [0.2, 0.25) is 5.76 Å². The van der Waals surface area contributed by atoms with E-state index in [1.807, 2.05) is 54.6 Å². The maximum absolute atomic E-state index is 12.4. The van der Waals surface area contributed by atoms with Crippen LogP contribution in [0.1, 0.15) is 30.0 Å². The lowest BCUT2D eigenvalue weighted by atomic mass is 9.78. The molecule has 176 valence electrons. The number of allylic oxidation sites excluding steroid dienone is 7. The molecule has 2 N–H and O–H groups in total. The molecular weight excluding hydrogens is 448 g/mol. The number of carbonyl (C=O) groups excluding carboxylic acids is 1. The molecule has 8 nitrogen and oxygen atoms in total. The number of aromatic nitrogens is 1. The van der Waals surface area contributed by atoms with Crippen LogP contribution >= 0.6 is 0 Å². The van der Waals surface area contributed by atoms with Crippen molar-refractivity contribution >= 4 is 17.7 Å². The molecule has 1 atom stereocenters. The Morgan fingerprint density at radius 2 is 1.86 bits per heavy atom. The van der Waals surface area contributed by atoms with Gasteiger partial charge in [-0.1, -0.05) is 41.4 Å². The van der Waals surface area contributed by atoms with Crippen molar-refractivity contribution in [1.82, 2.24) is 5.16 Å². The zero-order valence-corrected chi connectivity index (χ0v) is 19.1. The van der Waals surface area contributed by atoms with Gasteiger partial charge >= 0.3 is 12.1 Å². The maximum Gasteiger partial charge on any atom is 0.412 e. The van der Waals surface area contributed by atoms with E-state index in [0.29, 0.717) is 11.4 Å². The standard InChI is InChI=1S/C27H22N2O6/c1-16-24(28-26(32)34-17(2)19-6-4-3-5-7-19)23(35-29-16)9-8-18-10-20-12-22(13-21(20)11-18)27(25(30)31)14-33-15-27/h3-7,10-13,17H,14-15H2,1-2H3,(H,28,32)(H,30,31). The lowest BCUT2D eigenvalue weighted by Crippen LogP contribution is -2.49. The highest BCUT2D eigenvalue weighted by Crippen LogP contribution is 2.43. The highest BCUT2D eigenvalue weighted by molar-refractivity contribution is 5.87. The van der Waals surface area contributed by atoms with Crippen molar-refractivity contribution in [3.63, 3.8) is 0 Å². The summed E-state index contributed by atoms with van der Waals surface area (Å²) in [6.07, 6.45) is 6.43. The topological polar surface area (TPSA) is 111 Å². The van der Waals surface area contributed by atoms with E-state index in [1.165, 1.54) is 0 Å². The molecule has 2 aromatic rings. The number of anilines is 1. The van der Waals surface area contributed by atoms with Crippen molar-refractivity contribution in [1.29, 1.82) is 0 Å². The van der Waals surface area contributed by atoms with Crippen molar-refractivity contribution in [3.05, 3.63) is 93.9 Å². The van der Waals surface area contributed by atoms with Crippen LogP contribution < -0.4 is 5.32 Å². The van der Waals surface area contributed by atoms with Crippen LogP contribution in [0.15, 0.2) is 81.5 Å². The number of rotatable bonds is 5. The molecule has 3 aliphatic rings. The minimum atomic E-state index is -0.970. The molecule has 2 heterocycles. The van der Waals surface area contributed by atoms with Crippen molar-refractivity contribution < 1.29 is 28.7 Å². The van der Waals surface area contributed by atoms with Crippen molar-refractivity contribution in [2.24, 2.45) is 5.41 Å². The fourth-order valence-electron chi connectivity index (χ4n) is 4.05. The highest BCUT2D eigenvalue weighted by atomic mass is 16.6. The number of carboxylic acids is 1. The molecule has 2 aliphatic carbocycles. The molecule has 1 unspecified atom stereocenters. The SMILES string of the molecule is Cc1noc(C#CC2=CC3=CC(C4(C(=O)O)COC4)=CC3=C2)c1NC(=O)OC(C)c1ccccc1. The fraction of sp³-hybridized carbons (Fsp3) is 0.222. The minimum Gasteiger partial charge on any atom is -0.480 e. The number of ether oxygens (including phenoxy) is 2. The number of aliphatic carboxylic acids is 1. The van der Waals surface area contributed by atoms with Gasteiger partial charge in [-0.3, -0.25) is 10.1 Å². The van der Waals surface area contributed by atoms with Crippen LogP contribution in [0.4, 0.5) is 10.5 Å². The minimum absolute atomic E-state index is 0.175. The van der Waals surface area contributed by atoms with Crippen LogP contribution in [-0.4, -0.2) is 35.5 Å². The van der Waals surface area contributed by atoms with E-state index in [1.54, 1.807) is 13.8 Å². The number of amides is 1. The van der Waals surface area contributed by atoms with Gasteiger partial charge in [-0.05, 0) is 66.4 Å². The van der Waals surface area contributed by atoms with Gasteiger partial charge in [-0.2, -0.15) is 0 Å². The molecule has 0 saturated carbocycles. The fourth-order valence-corrected chi connectivity index (χ4v) is 4.05. The quantitative estimate of drug-likeness (QED) is 0.620. The Bertz CT molecular complexity index is 1390. The van der Waals surface area contributed by atoms with Crippen molar-refractivity contribution in [3.8, 4) is 11.8 Å². The van der Waals surface area contributed by atoms with Crippen molar-refractivity contribution in [2.75, 3.05) is 18.5 Å². The third-order valence-electron chi connectivity index (χ3n) is 6.20. The molecule has 1 aromatic carbocycles. The summed E-state index contributed by atoms with van der Waals surface area (Å²) in [5, 5.41) is 16.2. The lowest BCUT2D eigenvalue weighted by Gasteiger charge is -2.37. The summed E-state index contributed by atoms with van der Waals surface area (Å²) in [7, 11) is 0. The van der Waals surface area contributed by atoms with Crippen LogP contribution in [0.25, 0.3) is 0 Å². The van der Waals surface area contributed by atoms with E-state index < -0.39 is 23.6 Å². The van der Waals surface area contributed by atoms with Gasteiger partial charge in [0.15, 0.2) is 0 Å². The molecule has 35 heavy (non-hydrogen) atoms. The summed E-state index contributed by atoms with van der Waals surface area (Å²) < 4.78 is 15.9. The van der Waals surface area contributed by atoms with Crippen LogP contribution in [0, 0.1) is 24.2 Å². The number of nitrogens with one attached hydrogen (secondary N) is 1. The van der Waals surface area contributed by atoms with E-state index >= 15 is 0 Å². The number of carbonyl (C=O) groups is 2. The molecule has 8 heteroatoms. The summed E-state index contributed by atoms with van der Waals surface area (Å²) in [5.41, 5.74) is 4.02. The molecule has 1 aliphatic heterocycles. The summed E-state index contributed by atoms with van der Waals surface area (Å²) in [6.45, 7) is 3.84. The third kappa shape index (κ3) is 4.18. The molecule has 5 rings (SSSR count). The van der Waals surface area contributed by atoms with E-state index in [2.05, 4.69) is 22.3 Å². The van der Waals surface area contributed by atoms with E-state index in [-0.39, 0.29) is 19.0 Å². The molecular formula is C27H22N2O6. The Balaban J connectivity index is 1.27. The Kier molecular flexibility index (Phi) is 5.63. The second-order valence-corrected chi connectivity index (χ2v) is 8.58. The van der Waals surface area contributed by atoms with Gasteiger partial charge in [-0.15, -0.1) is 0 Å². The lowest BCUT2D eigenvalue weighted by molar-refractivity contribution is -0.170. The Morgan fingerprint density at radius 1 is 1.11 bits per heavy atom. The number of carboxylic acid groups (broad SMARTS) is 1. The van der Waals surface area contributed by atoms with Gasteiger partial charge in [0.05, 0.1) is 13.2 Å². The van der Waals surface area contributed by atoms with Crippen LogP contribution in [-0.2, 0) is 14.3 Å².